The van der Waals surface area contributed by atoms with Gasteiger partial charge in [0.15, 0.2) is 0 Å². The number of amidine groups is 1. The van der Waals surface area contributed by atoms with Crippen molar-refractivity contribution >= 4 is 23.3 Å². The van der Waals surface area contributed by atoms with Gasteiger partial charge in [0, 0.05) is 30.7 Å². The Kier molecular flexibility index (Phi) is 5.53. The van der Waals surface area contributed by atoms with Gasteiger partial charge in [-0.2, -0.15) is 0 Å². The molecule has 21 heavy (non-hydrogen) atoms. The lowest BCUT2D eigenvalue weighted by molar-refractivity contribution is 0.396. The third kappa shape index (κ3) is 3.92. The zero-order valence-corrected chi connectivity index (χ0v) is 14.0. The quantitative estimate of drug-likeness (QED) is 0.481. The maximum atomic E-state index is 7.93. The van der Waals surface area contributed by atoms with Crippen molar-refractivity contribution in [3.05, 3.63) is 23.8 Å². The van der Waals surface area contributed by atoms with Gasteiger partial charge in [0.05, 0.1) is 5.56 Å². The van der Waals surface area contributed by atoms with Crippen molar-refractivity contribution in [3.63, 3.8) is 0 Å². The molecule has 1 aromatic rings. The molecule has 0 aromatic heterocycles. The number of likely N-dealkylation sites (tertiary alicyclic amines) is 1. The van der Waals surface area contributed by atoms with E-state index in [1.54, 1.807) is 11.8 Å². The first-order valence-electron chi connectivity index (χ1n) is 7.52. The lowest BCUT2D eigenvalue weighted by Crippen LogP contribution is -2.29. The standard InChI is InChI=1S/C16H26N4S/c1-4-21-14-7-5-6-13(15(14)16(17)18)20(3)11-12-8-9-19(2)10-12/h5-7,12H,4,8-11H2,1-3H3,(H3,17,18). The van der Waals surface area contributed by atoms with Crippen LogP contribution in [0.25, 0.3) is 0 Å². The number of rotatable bonds is 6. The number of anilines is 1. The van der Waals surface area contributed by atoms with Gasteiger partial charge in [0.25, 0.3) is 0 Å². The molecule has 1 saturated heterocycles. The minimum atomic E-state index is 0.164. The minimum absolute atomic E-state index is 0.164. The van der Waals surface area contributed by atoms with Crippen LogP contribution >= 0.6 is 11.8 Å². The van der Waals surface area contributed by atoms with Crippen LogP contribution in [-0.4, -0.2) is 50.2 Å². The fraction of sp³-hybridized carbons (Fsp3) is 0.562. The molecule has 0 spiro atoms. The van der Waals surface area contributed by atoms with Gasteiger partial charge in [-0.3, -0.25) is 5.41 Å². The van der Waals surface area contributed by atoms with Crippen LogP contribution in [0, 0.1) is 11.3 Å². The van der Waals surface area contributed by atoms with E-state index in [2.05, 4.69) is 49.0 Å². The van der Waals surface area contributed by atoms with E-state index in [1.165, 1.54) is 13.0 Å². The lowest BCUT2D eigenvalue weighted by Gasteiger charge is -2.26. The van der Waals surface area contributed by atoms with E-state index in [9.17, 15) is 0 Å². The van der Waals surface area contributed by atoms with Gasteiger partial charge in [-0.15, -0.1) is 11.8 Å². The fourth-order valence-corrected chi connectivity index (χ4v) is 3.89. The molecular formula is C16H26N4S. The first kappa shape index (κ1) is 16.2. The molecule has 1 heterocycles. The number of hydrogen-bond donors (Lipinski definition) is 2. The second-order valence-electron chi connectivity index (χ2n) is 5.79. The highest BCUT2D eigenvalue weighted by atomic mass is 32.2. The summed E-state index contributed by atoms with van der Waals surface area (Å²) in [4.78, 5) is 5.76. The molecule has 0 bridgehead atoms. The predicted octanol–water partition coefficient (Wildman–Crippen LogP) is 2.47. The van der Waals surface area contributed by atoms with Crippen LogP contribution in [0.2, 0.25) is 0 Å². The topological polar surface area (TPSA) is 56.4 Å². The summed E-state index contributed by atoms with van der Waals surface area (Å²) in [6, 6.07) is 6.21. The second-order valence-corrected chi connectivity index (χ2v) is 7.10. The van der Waals surface area contributed by atoms with Gasteiger partial charge in [-0.25, -0.2) is 0 Å². The van der Waals surface area contributed by atoms with E-state index >= 15 is 0 Å². The summed E-state index contributed by atoms with van der Waals surface area (Å²) in [5, 5.41) is 7.93. The van der Waals surface area contributed by atoms with E-state index in [-0.39, 0.29) is 5.84 Å². The summed E-state index contributed by atoms with van der Waals surface area (Å²) < 4.78 is 0. The van der Waals surface area contributed by atoms with Crippen LogP contribution in [0.15, 0.2) is 23.1 Å². The predicted molar refractivity (Wildman–Crippen MR) is 92.7 cm³/mol. The number of nitrogens with two attached hydrogens (primary N) is 1. The average Bonchev–Trinajstić information content (AvgIpc) is 2.84. The SMILES string of the molecule is CCSc1cccc(N(C)CC2CCN(C)C2)c1C(=N)N. The first-order valence-corrected chi connectivity index (χ1v) is 8.51. The Balaban J connectivity index is 2.21. The largest absolute Gasteiger partial charge is 0.384 e. The number of thioether (sulfide) groups is 1. The average molecular weight is 306 g/mol. The Hall–Kier alpha value is -1.20. The summed E-state index contributed by atoms with van der Waals surface area (Å²) in [5.41, 5.74) is 7.82. The third-order valence-electron chi connectivity index (χ3n) is 4.01. The van der Waals surface area contributed by atoms with Crippen molar-refractivity contribution in [2.24, 2.45) is 11.7 Å². The van der Waals surface area contributed by atoms with Crippen molar-refractivity contribution in [2.75, 3.05) is 44.4 Å². The summed E-state index contributed by atoms with van der Waals surface area (Å²) in [6.45, 7) is 5.48. The normalized spacial score (nSPS) is 18.9. The smallest absolute Gasteiger partial charge is 0.126 e. The first-order chi connectivity index (χ1) is 10.0. The van der Waals surface area contributed by atoms with Crippen LogP contribution < -0.4 is 10.6 Å². The molecule has 1 aliphatic heterocycles. The monoisotopic (exact) mass is 306 g/mol. The van der Waals surface area contributed by atoms with Gasteiger partial charge in [0.2, 0.25) is 0 Å². The minimum Gasteiger partial charge on any atom is -0.384 e. The third-order valence-corrected chi connectivity index (χ3v) is 4.95. The molecule has 0 saturated carbocycles. The van der Waals surface area contributed by atoms with Crippen molar-refractivity contribution in [1.82, 2.24) is 4.90 Å². The number of nitrogens with zero attached hydrogens (tertiary/aromatic N) is 2. The fourth-order valence-electron chi connectivity index (χ4n) is 3.05. The Bertz CT molecular complexity index is 503. The summed E-state index contributed by atoms with van der Waals surface area (Å²) >= 11 is 1.75. The highest BCUT2D eigenvalue weighted by molar-refractivity contribution is 7.99. The molecule has 0 aliphatic carbocycles. The summed E-state index contributed by atoms with van der Waals surface area (Å²) in [5.74, 6) is 1.85. The van der Waals surface area contributed by atoms with Gasteiger partial charge in [-0.05, 0) is 43.8 Å². The highest BCUT2D eigenvalue weighted by Gasteiger charge is 2.22. The Morgan fingerprint density at radius 1 is 1.52 bits per heavy atom. The van der Waals surface area contributed by atoms with E-state index in [1.807, 2.05) is 0 Å². The Labute approximate surface area is 132 Å². The summed E-state index contributed by atoms with van der Waals surface area (Å²) in [6.07, 6.45) is 1.25. The van der Waals surface area contributed by atoms with Crippen LogP contribution in [-0.2, 0) is 0 Å². The number of hydrogen-bond acceptors (Lipinski definition) is 4. The molecule has 0 radical (unpaired) electrons. The zero-order chi connectivity index (χ0) is 15.4. The molecule has 4 nitrogen and oxygen atoms in total. The van der Waals surface area contributed by atoms with Crippen molar-refractivity contribution in [2.45, 2.75) is 18.2 Å². The van der Waals surface area contributed by atoms with Gasteiger partial charge in [-0.1, -0.05) is 13.0 Å². The van der Waals surface area contributed by atoms with Gasteiger partial charge >= 0.3 is 0 Å². The van der Waals surface area contributed by atoms with E-state index in [0.717, 1.165) is 35.0 Å². The molecule has 0 amide bonds. The maximum Gasteiger partial charge on any atom is 0.126 e. The van der Waals surface area contributed by atoms with Crippen molar-refractivity contribution < 1.29 is 0 Å². The van der Waals surface area contributed by atoms with E-state index in [4.69, 9.17) is 11.1 Å². The van der Waals surface area contributed by atoms with Gasteiger partial charge in [0.1, 0.15) is 5.84 Å². The lowest BCUT2D eigenvalue weighted by atomic mass is 10.1. The van der Waals surface area contributed by atoms with Crippen LogP contribution in [0.5, 0.6) is 0 Å². The molecule has 3 N–H and O–H groups in total. The molecular weight excluding hydrogens is 280 g/mol. The van der Waals surface area contributed by atoms with Crippen molar-refractivity contribution in [3.8, 4) is 0 Å². The van der Waals surface area contributed by atoms with Gasteiger partial charge < -0.3 is 15.5 Å². The molecule has 1 aliphatic rings. The van der Waals surface area contributed by atoms with Crippen LogP contribution in [0.1, 0.15) is 18.9 Å². The number of nitrogens with one attached hydrogen (secondary N) is 1. The number of benzene rings is 1. The molecule has 116 valence electrons. The molecule has 1 atom stereocenters. The van der Waals surface area contributed by atoms with E-state index in [0.29, 0.717) is 5.92 Å². The molecule has 1 unspecified atom stereocenters. The number of nitrogen functional groups attached to an aromatic ring is 1. The maximum absolute atomic E-state index is 7.93. The summed E-state index contributed by atoms with van der Waals surface area (Å²) in [7, 11) is 4.29. The molecule has 1 aromatic carbocycles. The van der Waals surface area contributed by atoms with Crippen LogP contribution in [0.3, 0.4) is 0 Å². The molecule has 1 fully saturated rings. The highest BCUT2D eigenvalue weighted by Crippen LogP contribution is 2.31. The van der Waals surface area contributed by atoms with Crippen LogP contribution in [0.4, 0.5) is 5.69 Å². The Morgan fingerprint density at radius 3 is 2.86 bits per heavy atom. The molecule has 2 rings (SSSR count). The van der Waals surface area contributed by atoms with Crippen molar-refractivity contribution in [1.29, 1.82) is 5.41 Å². The zero-order valence-electron chi connectivity index (χ0n) is 13.2. The Morgan fingerprint density at radius 2 is 2.29 bits per heavy atom. The second kappa shape index (κ2) is 7.18. The van der Waals surface area contributed by atoms with E-state index < -0.39 is 0 Å². The molecule has 5 heteroatoms.